The maximum atomic E-state index is 12.8. The van der Waals surface area contributed by atoms with Crippen LogP contribution in [0.1, 0.15) is 51.9 Å². The number of nitrogens with zero attached hydrogens (tertiary/aromatic N) is 2. The molecule has 4 nitrogen and oxygen atoms in total. The first-order valence-corrected chi connectivity index (χ1v) is 8.93. The summed E-state index contributed by atoms with van der Waals surface area (Å²) in [6.07, 6.45) is 8.49. The minimum atomic E-state index is 0.159. The molecule has 0 bridgehead atoms. The minimum Gasteiger partial charge on any atom is -0.340 e. The highest BCUT2D eigenvalue weighted by Crippen LogP contribution is 2.31. The predicted octanol–water partition coefficient (Wildman–Crippen LogP) is 1.84. The molecule has 2 heterocycles. The maximum absolute atomic E-state index is 12.8. The molecule has 1 amide bonds. The summed E-state index contributed by atoms with van der Waals surface area (Å²) < 4.78 is 0. The third-order valence-electron chi connectivity index (χ3n) is 6.00. The maximum Gasteiger partial charge on any atom is 0.225 e. The zero-order valence-corrected chi connectivity index (χ0v) is 13.5. The molecule has 0 aromatic carbocycles. The van der Waals surface area contributed by atoms with Crippen molar-refractivity contribution in [3.8, 4) is 0 Å². The summed E-state index contributed by atoms with van der Waals surface area (Å²) in [5.74, 6) is 1.05. The summed E-state index contributed by atoms with van der Waals surface area (Å²) in [4.78, 5) is 17.6. The highest BCUT2D eigenvalue weighted by Gasteiger charge is 2.35. The van der Waals surface area contributed by atoms with Gasteiger partial charge in [-0.3, -0.25) is 9.69 Å². The number of piperazine rings is 1. The Labute approximate surface area is 129 Å². The smallest absolute Gasteiger partial charge is 0.225 e. The number of nitrogens with two attached hydrogens (primary N) is 1. The van der Waals surface area contributed by atoms with Gasteiger partial charge in [0.25, 0.3) is 0 Å². The van der Waals surface area contributed by atoms with Gasteiger partial charge in [0.2, 0.25) is 5.91 Å². The van der Waals surface area contributed by atoms with Crippen LogP contribution in [0, 0.1) is 11.8 Å². The summed E-state index contributed by atoms with van der Waals surface area (Å²) in [6, 6.07) is 0.937. The Bertz CT molecular complexity index is 373. The predicted molar refractivity (Wildman–Crippen MR) is 84.9 cm³/mol. The van der Waals surface area contributed by atoms with Crippen LogP contribution in [0.5, 0.6) is 0 Å². The average Bonchev–Trinajstić information content (AvgIpc) is 2.53. The molecule has 3 rings (SSSR count). The Balaban J connectivity index is 1.57. The third kappa shape index (κ3) is 3.42. The molecule has 0 spiro atoms. The lowest BCUT2D eigenvalue weighted by molar-refractivity contribution is -0.140. The van der Waals surface area contributed by atoms with Gasteiger partial charge in [-0.25, -0.2) is 0 Å². The van der Waals surface area contributed by atoms with Crippen LogP contribution in [0.2, 0.25) is 0 Å². The highest BCUT2D eigenvalue weighted by molar-refractivity contribution is 5.79. The van der Waals surface area contributed by atoms with E-state index >= 15 is 0 Å². The Morgan fingerprint density at radius 1 is 1.10 bits per heavy atom. The quantitative estimate of drug-likeness (QED) is 0.845. The second-order valence-corrected chi connectivity index (χ2v) is 7.45. The van der Waals surface area contributed by atoms with Gasteiger partial charge in [-0.2, -0.15) is 0 Å². The number of piperidine rings is 1. The highest BCUT2D eigenvalue weighted by atomic mass is 16.2. The molecular weight excluding hydrogens is 262 g/mol. The lowest BCUT2D eigenvalue weighted by Gasteiger charge is -2.45. The molecule has 2 aliphatic heterocycles. The van der Waals surface area contributed by atoms with E-state index in [0.29, 0.717) is 23.9 Å². The number of amides is 1. The molecule has 2 N–H and O–H groups in total. The minimum absolute atomic E-state index is 0.159. The van der Waals surface area contributed by atoms with Crippen molar-refractivity contribution in [2.45, 2.75) is 64.0 Å². The summed E-state index contributed by atoms with van der Waals surface area (Å²) in [5, 5.41) is 0. The summed E-state index contributed by atoms with van der Waals surface area (Å²) in [7, 11) is 0. The van der Waals surface area contributed by atoms with Crippen LogP contribution in [-0.4, -0.2) is 54.0 Å². The Hall–Kier alpha value is -0.610. The normalized spacial score (nSPS) is 36.1. The first-order valence-electron chi connectivity index (χ1n) is 8.93. The van der Waals surface area contributed by atoms with E-state index in [9.17, 15) is 4.79 Å². The Kier molecular flexibility index (Phi) is 4.85. The molecule has 0 aromatic heterocycles. The number of carbonyl (C=O) groups excluding carboxylic acids is 1. The molecule has 3 fully saturated rings. The molecule has 4 unspecified atom stereocenters. The van der Waals surface area contributed by atoms with Crippen LogP contribution >= 0.6 is 0 Å². The summed E-state index contributed by atoms with van der Waals surface area (Å²) in [6.45, 7) is 6.34. The number of fused-ring (bicyclic) bond motifs is 1. The van der Waals surface area contributed by atoms with Crippen molar-refractivity contribution in [1.82, 2.24) is 9.80 Å². The number of hydrogen-bond donors (Lipinski definition) is 1. The van der Waals surface area contributed by atoms with E-state index in [1.807, 2.05) is 0 Å². The van der Waals surface area contributed by atoms with Gasteiger partial charge in [-0.15, -0.1) is 0 Å². The topological polar surface area (TPSA) is 49.6 Å². The van der Waals surface area contributed by atoms with E-state index in [0.717, 1.165) is 32.5 Å². The zero-order chi connectivity index (χ0) is 14.8. The molecule has 1 saturated carbocycles. The van der Waals surface area contributed by atoms with E-state index in [1.54, 1.807) is 0 Å². The van der Waals surface area contributed by atoms with E-state index in [4.69, 9.17) is 5.73 Å². The summed E-state index contributed by atoms with van der Waals surface area (Å²) >= 11 is 0. The first-order chi connectivity index (χ1) is 10.1. The van der Waals surface area contributed by atoms with Crippen LogP contribution in [0.25, 0.3) is 0 Å². The van der Waals surface area contributed by atoms with Crippen LogP contribution < -0.4 is 5.73 Å². The van der Waals surface area contributed by atoms with E-state index in [2.05, 4.69) is 16.7 Å². The lowest BCUT2D eigenvalue weighted by Crippen LogP contribution is -2.57. The first kappa shape index (κ1) is 15.3. The van der Waals surface area contributed by atoms with Gasteiger partial charge >= 0.3 is 0 Å². The monoisotopic (exact) mass is 293 g/mol. The fourth-order valence-electron chi connectivity index (χ4n) is 4.57. The standard InChI is InChI=1S/C17H31N3O/c1-13(14-5-4-6-15(18)11-14)17(21)20-10-9-19-8-3-2-7-16(19)12-20/h13-16H,2-12,18H2,1H3. The molecule has 4 heteroatoms. The fraction of sp³-hybridized carbons (Fsp3) is 0.941. The van der Waals surface area contributed by atoms with Crippen LogP contribution in [0.15, 0.2) is 0 Å². The number of hydrogen-bond acceptors (Lipinski definition) is 3. The van der Waals surface area contributed by atoms with Gasteiger partial charge in [0.15, 0.2) is 0 Å². The third-order valence-corrected chi connectivity index (χ3v) is 6.00. The number of rotatable bonds is 2. The van der Waals surface area contributed by atoms with Crippen LogP contribution in [0.4, 0.5) is 0 Å². The summed E-state index contributed by atoms with van der Waals surface area (Å²) in [5.41, 5.74) is 6.10. The second-order valence-electron chi connectivity index (χ2n) is 7.45. The number of carbonyl (C=O) groups is 1. The average molecular weight is 293 g/mol. The van der Waals surface area contributed by atoms with Crippen molar-refractivity contribution in [2.75, 3.05) is 26.2 Å². The molecule has 1 aliphatic carbocycles. The second kappa shape index (κ2) is 6.66. The Morgan fingerprint density at radius 3 is 2.76 bits per heavy atom. The van der Waals surface area contributed by atoms with E-state index < -0.39 is 0 Å². The van der Waals surface area contributed by atoms with E-state index in [-0.39, 0.29) is 5.92 Å². The fourth-order valence-corrected chi connectivity index (χ4v) is 4.57. The van der Waals surface area contributed by atoms with Gasteiger partial charge < -0.3 is 10.6 Å². The van der Waals surface area contributed by atoms with Gasteiger partial charge in [0, 0.05) is 37.6 Å². The van der Waals surface area contributed by atoms with Crippen molar-refractivity contribution >= 4 is 5.91 Å². The van der Waals surface area contributed by atoms with Crippen molar-refractivity contribution in [3.05, 3.63) is 0 Å². The molecule has 0 radical (unpaired) electrons. The van der Waals surface area contributed by atoms with Gasteiger partial charge in [0.1, 0.15) is 0 Å². The van der Waals surface area contributed by atoms with Crippen molar-refractivity contribution in [1.29, 1.82) is 0 Å². The van der Waals surface area contributed by atoms with Crippen molar-refractivity contribution in [2.24, 2.45) is 17.6 Å². The van der Waals surface area contributed by atoms with E-state index in [1.165, 1.54) is 38.6 Å². The largest absolute Gasteiger partial charge is 0.340 e. The molecule has 21 heavy (non-hydrogen) atoms. The molecular formula is C17H31N3O. The van der Waals surface area contributed by atoms with Gasteiger partial charge in [-0.05, 0) is 44.6 Å². The lowest BCUT2D eigenvalue weighted by atomic mass is 9.78. The van der Waals surface area contributed by atoms with Crippen molar-refractivity contribution in [3.63, 3.8) is 0 Å². The van der Waals surface area contributed by atoms with Crippen molar-refractivity contribution < 1.29 is 4.79 Å². The van der Waals surface area contributed by atoms with Gasteiger partial charge in [0.05, 0.1) is 0 Å². The molecule has 3 aliphatic rings. The molecule has 2 saturated heterocycles. The zero-order valence-electron chi connectivity index (χ0n) is 13.5. The molecule has 0 aromatic rings. The SMILES string of the molecule is CC(C(=O)N1CCN2CCCCC2C1)C1CCCC(N)C1. The van der Waals surface area contributed by atoms with Crippen LogP contribution in [0.3, 0.4) is 0 Å². The van der Waals surface area contributed by atoms with Gasteiger partial charge in [-0.1, -0.05) is 19.8 Å². The Morgan fingerprint density at radius 2 is 1.95 bits per heavy atom. The van der Waals surface area contributed by atoms with Crippen LogP contribution in [-0.2, 0) is 4.79 Å². The molecule has 120 valence electrons. The molecule has 4 atom stereocenters.